The number of aliphatic hydroxyl groups is 2. The van der Waals surface area contributed by atoms with Crippen molar-refractivity contribution in [3.05, 3.63) is 17.6 Å². The average Bonchev–Trinajstić information content (AvgIpc) is 2.18. The van der Waals surface area contributed by atoms with E-state index in [1.54, 1.807) is 13.8 Å². The molecule has 0 radical (unpaired) electrons. The Morgan fingerprint density at radius 2 is 1.93 bits per heavy atom. The molecule has 0 heterocycles. The van der Waals surface area contributed by atoms with E-state index in [2.05, 4.69) is 5.73 Å². The van der Waals surface area contributed by atoms with E-state index in [1.807, 2.05) is 0 Å². The van der Waals surface area contributed by atoms with Crippen molar-refractivity contribution in [2.75, 3.05) is 19.8 Å². The van der Waals surface area contributed by atoms with Gasteiger partial charge in [-0.1, -0.05) is 0 Å². The summed E-state index contributed by atoms with van der Waals surface area (Å²) >= 11 is 0. The molecule has 0 spiro atoms. The molecule has 0 aromatic carbocycles. The van der Waals surface area contributed by atoms with Gasteiger partial charge in [0.05, 0.1) is 25.6 Å². The molecule has 0 saturated carbocycles. The summed E-state index contributed by atoms with van der Waals surface area (Å²) in [4.78, 5) is 0. The molecule has 0 aromatic rings. The molecule has 5 nitrogen and oxygen atoms in total. The van der Waals surface area contributed by atoms with Gasteiger partial charge in [0, 0.05) is 0 Å². The summed E-state index contributed by atoms with van der Waals surface area (Å²) < 4.78 is 21.6. The summed E-state index contributed by atoms with van der Waals surface area (Å²) in [5, 5.41) is 17.5. The fourth-order valence-electron chi connectivity index (χ4n) is 0.770. The van der Waals surface area contributed by atoms with E-state index < -0.39 is 20.3 Å². The van der Waals surface area contributed by atoms with Crippen LogP contribution in [0.4, 0.5) is 0 Å². The first-order valence-electron chi connectivity index (χ1n) is 4.69. The highest BCUT2D eigenvalue weighted by atomic mass is 31.2. The van der Waals surface area contributed by atoms with E-state index in [0.717, 1.165) is 5.82 Å². The van der Waals surface area contributed by atoms with Gasteiger partial charge in [0.25, 0.3) is 0 Å². The van der Waals surface area contributed by atoms with Gasteiger partial charge in [-0.25, -0.2) is 0 Å². The fourth-order valence-corrected chi connectivity index (χ4v) is 1.98. The molecule has 0 aliphatic carbocycles. The van der Waals surface area contributed by atoms with Crippen molar-refractivity contribution in [1.82, 2.24) is 0 Å². The second kappa shape index (κ2) is 7.83. The minimum atomic E-state index is -3.25. The van der Waals surface area contributed by atoms with Crippen LogP contribution in [0.15, 0.2) is 17.6 Å². The third kappa shape index (κ3) is 6.63. The van der Waals surface area contributed by atoms with E-state index in [1.165, 1.54) is 6.08 Å². The first kappa shape index (κ1) is 14.6. The van der Waals surface area contributed by atoms with Crippen molar-refractivity contribution in [3.63, 3.8) is 0 Å². The van der Waals surface area contributed by atoms with E-state index in [-0.39, 0.29) is 13.2 Å². The van der Waals surface area contributed by atoms with Gasteiger partial charge in [0.1, 0.15) is 6.10 Å². The van der Waals surface area contributed by atoms with Gasteiger partial charge in [-0.3, -0.25) is 4.57 Å². The molecule has 0 aromatic heterocycles. The van der Waals surface area contributed by atoms with Crippen molar-refractivity contribution in [2.45, 2.75) is 20.0 Å². The highest BCUT2D eigenvalue weighted by molar-refractivity contribution is 7.57. The van der Waals surface area contributed by atoms with E-state index in [4.69, 9.17) is 19.3 Å². The summed E-state index contributed by atoms with van der Waals surface area (Å²) in [5.74, 6) is 1.14. The Morgan fingerprint density at radius 1 is 1.40 bits per heavy atom. The lowest BCUT2D eigenvalue weighted by Crippen LogP contribution is -2.06. The lowest BCUT2D eigenvalue weighted by molar-refractivity contribution is 0.131. The van der Waals surface area contributed by atoms with Crippen LogP contribution < -0.4 is 0 Å². The minimum Gasteiger partial charge on any atom is -0.393 e. The summed E-state index contributed by atoms with van der Waals surface area (Å²) in [6.07, 6.45) is 0.169. The highest BCUT2D eigenvalue weighted by Crippen LogP contribution is 2.49. The van der Waals surface area contributed by atoms with Crippen molar-refractivity contribution in [3.8, 4) is 0 Å². The molecule has 0 fully saturated rings. The van der Waals surface area contributed by atoms with Crippen LogP contribution in [0.5, 0.6) is 0 Å². The number of hydrogen-bond donors (Lipinski definition) is 2. The quantitative estimate of drug-likeness (QED) is 0.514. The summed E-state index contributed by atoms with van der Waals surface area (Å²) in [6.45, 7) is 3.52. The summed E-state index contributed by atoms with van der Waals surface area (Å²) in [7, 11) is -3.25. The zero-order valence-electron chi connectivity index (χ0n) is 8.92. The molecule has 15 heavy (non-hydrogen) atoms. The zero-order valence-corrected chi connectivity index (χ0v) is 9.81. The molecule has 0 rings (SSSR count). The average molecular weight is 236 g/mol. The van der Waals surface area contributed by atoms with E-state index in [0.29, 0.717) is 0 Å². The predicted molar refractivity (Wildman–Crippen MR) is 56.6 cm³/mol. The highest BCUT2D eigenvalue weighted by Gasteiger charge is 2.18. The molecule has 0 saturated heterocycles. The molecule has 0 unspecified atom stereocenters. The second-order valence-corrected chi connectivity index (χ2v) is 4.44. The monoisotopic (exact) mass is 236 g/mol. The van der Waals surface area contributed by atoms with Gasteiger partial charge in [0.2, 0.25) is 0 Å². The van der Waals surface area contributed by atoms with Gasteiger partial charge in [-0.2, -0.15) is 0 Å². The summed E-state index contributed by atoms with van der Waals surface area (Å²) in [6, 6.07) is 0. The van der Waals surface area contributed by atoms with Crippen LogP contribution in [0.25, 0.3) is 0 Å². The van der Waals surface area contributed by atoms with Gasteiger partial charge >= 0.3 is 7.60 Å². The smallest absolute Gasteiger partial charge is 0.361 e. The van der Waals surface area contributed by atoms with Crippen LogP contribution in [0.3, 0.4) is 0 Å². The van der Waals surface area contributed by atoms with E-state index >= 15 is 0 Å². The third-order valence-electron chi connectivity index (χ3n) is 1.33. The lowest BCUT2D eigenvalue weighted by atomic mass is 10.4. The fraction of sp³-hybridized carbons (Fsp3) is 0.667. The standard InChI is InChI=1S/C9H17O5P/c1-3-13-15(12,14-4-2)7-5-6-9(11)8-10/h6-7,9-11H,3-4,8H2,1-2H3/t5?,9-/m1/s1. The normalized spacial score (nSPS) is 13.1. The Kier molecular flexibility index (Phi) is 7.61. The minimum absolute atomic E-state index is 0.262. The largest absolute Gasteiger partial charge is 0.393 e. The Balaban J connectivity index is 4.53. The molecule has 1 atom stereocenters. The Labute approximate surface area is 89.6 Å². The molecule has 0 aliphatic heterocycles. The van der Waals surface area contributed by atoms with Gasteiger partial charge in [-0.05, 0) is 19.9 Å². The van der Waals surface area contributed by atoms with Crippen LogP contribution in [0, 0.1) is 0 Å². The van der Waals surface area contributed by atoms with Crippen LogP contribution in [0.2, 0.25) is 0 Å². The first-order valence-corrected chi connectivity index (χ1v) is 6.30. The second-order valence-electron chi connectivity index (χ2n) is 2.59. The maximum absolute atomic E-state index is 11.8. The van der Waals surface area contributed by atoms with Crippen LogP contribution in [0.1, 0.15) is 13.8 Å². The molecule has 88 valence electrons. The van der Waals surface area contributed by atoms with E-state index in [9.17, 15) is 4.57 Å². The van der Waals surface area contributed by atoms with Crippen molar-refractivity contribution >= 4 is 7.60 Å². The molecular weight excluding hydrogens is 219 g/mol. The Hall–Kier alpha value is -0.410. The summed E-state index contributed by atoms with van der Waals surface area (Å²) in [5.41, 5.74) is 2.47. The Morgan fingerprint density at radius 3 is 2.33 bits per heavy atom. The topological polar surface area (TPSA) is 76.0 Å². The third-order valence-corrected chi connectivity index (χ3v) is 3.03. The number of rotatable bonds is 7. The zero-order chi connectivity index (χ0) is 11.7. The van der Waals surface area contributed by atoms with Crippen molar-refractivity contribution in [1.29, 1.82) is 0 Å². The first-order chi connectivity index (χ1) is 7.08. The van der Waals surface area contributed by atoms with Crippen LogP contribution in [-0.2, 0) is 13.6 Å². The van der Waals surface area contributed by atoms with Gasteiger partial charge < -0.3 is 19.3 Å². The predicted octanol–water partition coefficient (Wildman–Crippen LogP) is 1.27. The number of aliphatic hydroxyl groups excluding tert-OH is 2. The molecule has 0 aliphatic rings. The van der Waals surface area contributed by atoms with Gasteiger partial charge in [0.15, 0.2) is 0 Å². The molecule has 0 amide bonds. The Bertz CT molecular complexity index is 260. The molecular formula is C9H17O5P. The molecule has 0 bridgehead atoms. The van der Waals surface area contributed by atoms with Crippen molar-refractivity contribution < 1.29 is 23.8 Å². The van der Waals surface area contributed by atoms with Crippen molar-refractivity contribution in [2.24, 2.45) is 0 Å². The molecule has 6 heteroatoms. The van der Waals surface area contributed by atoms with Crippen LogP contribution in [-0.4, -0.2) is 36.1 Å². The van der Waals surface area contributed by atoms with Crippen LogP contribution >= 0.6 is 7.60 Å². The number of hydrogen-bond acceptors (Lipinski definition) is 5. The molecule has 2 N–H and O–H groups in total. The lowest BCUT2D eigenvalue weighted by Gasteiger charge is -2.11. The maximum atomic E-state index is 11.8. The van der Waals surface area contributed by atoms with Gasteiger partial charge in [-0.15, -0.1) is 5.73 Å². The maximum Gasteiger partial charge on any atom is 0.361 e. The SMILES string of the molecule is CCOP(=O)(C=C=C[C@@H](O)CO)OCC.